The number of piperazine rings is 1. The van der Waals surface area contributed by atoms with Gasteiger partial charge in [0.05, 0.1) is 12.2 Å². The first-order valence-electron chi connectivity index (χ1n) is 9.15. The summed E-state index contributed by atoms with van der Waals surface area (Å²) in [6, 6.07) is 11.2. The van der Waals surface area contributed by atoms with Crippen LogP contribution in [0.5, 0.6) is 0 Å². The van der Waals surface area contributed by atoms with Crippen molar-refractivity contribution in [2.24, 2.45) is 0 Å². The lowest BCUT2D eigenvalue weighted by molar-refractivity contribution is 0.243. The molecule has 0 N–H and O–H groups in total. The van der Waals surface area contributed by atoms with Crippen LogP contribution in [0.2, 0.25) is 0 Å². The summed E-state index contributed by atoms with van der Waals surface area (Å²) in [5.74, 6) is 0. The summed E-state index contributed by atoms with van der Waals surface area (Å²) in [5, 5.41) is 4.51. The molecule has 0 aliphatic carbocycles. The van der Waals surface area contributed by atoms with Gasteiger partial charge in [0.15, 0.2) is 0 Å². The summed E-state index contributed by atoms with van der Waals surface area (Å²) in [7, 11) is 0. The van der Waals surface area contributed by atoms with Crippen LogP contribution in [-0.2, 0) is 6.54 Å². The summed E-state index contributed by atoms with van der Waals surface area (Å²) >= 11 is 0. The second kappa shape index (κ2) is 8.09. The Morgan fingerprint density at radius 3 is 2.41 bits per heavy atom. The molecule has 0 unspecified atom stereocenters. The van der Waals surface area contributed by atoms with E-state index in [9.17, 15) is 4.79 Å². The van der Waals surface area contributed by atoms with Crippen LogP contribution in [0.4, 0.5) is 5.69 Å². The van der Waals surface area contributed by atoms with Crippen molar-refractivity contribution in [3.8, 4) is 11.3 Å². The number of anilines is 1. The lowest BCUT2D eigenvalue weighted by Crippen LogP contribution is -2.47. The molecule has 27 heavy (non-hydrogen) atoms. The van der Waals surface area contributed by atoms with Gasteiger partial charge < -0.3 is 4.90 Å². The van der Waals surface area contributed by atoms with Crippen LogP contribution in [0.3, 0.4) is 0 Å². The fourth-order valence-corrected chi connectivity index (χ4v) is 3.30. The van der Waals surface area contributed by atoms with Crippen molar-refractivity contribution < 1.29 is 0 Å². The van der Waals surface area contributed by atoms with Crippen molar-refractivity contribution in [3.63, 3.8) is 0 Å². The van der Waals surface area contributed by atoms with E-state index in [0.717, 1.165) is 44.0 Å². The Labute approximate surface area is 157 Å². The number of hydrogen-bond acceptors (Lipinski definition) is 6. The Hall–Kier alpha value is -3.06. The number of aromatic nitrogens is 4. The Kier molecular flexibility index (Phi) is 5.20. The third-order valence-corrected chi connectivity index (χ3v) is 4.85. The van der Waals surface area contributed by atoms with Crippen molar-refractivity contribution in [3.05, 3.63) is 71.5 Å². The highest BCUT2D eigenvalue weighted by atomic mass is 16.1. The molecule has 7 heteroatoms. The zero-order chi connectivity index (χ0) is 18.5. The largest absolute Gasteiger partial charge is 0.369 e. The van der Waals surface area contributed by atoms with E-state index in [-0.39, 0.29) is 5.56 Å². The van der Waals surface area contributed by atoms with Crippen LogP contribution < -0.4 is 10.5 Å². The van der Waals surface area contributed by atoms with Crippen LogP contribution >= 0.6 is 0 Å². The zero-order valence-electron chi connectivity index (χ0n) is 15.1. The first-order valence-corrected chi connectivity index (χ1v) is 9.15. The van der Waals surface area contributed by atoms with Crippen molar-refractivity contribution >= 4 is 5.69 Å². The number of pyridine rings is 2. The number of hydrogen-bond donors (Lipinski definition) is 0. The van der Waals surface area contributed by atoms with Gasteiger partial charge in [0.1, 0.15) is 0 Å². The van der Waals surface area contributed by atoms with Crippen molar-refractivity contribution in [2.75, 3.05) is 37.6 Å². The second-order valence-electron chi connectivity index (χ2n) is 6.56. The third-order valence-electron chi connectivity index (χ3n) is 4.85. The minimum Gasteiger partial charge on any atom is -0.369 e. The monoisotopic (exact) mass is 362 g/mol. The van der Waals surface area contributed by atoms with E-state index < -0.39 is 0 Å². The van der Waals surface area contributed by atoms with Crippen molar-refractivity contribution in [1.29, 1.82) is 0 Å². The Morgan fingerprint density at radius 1 is 0.852 bits per heavy atom. The van der Waals surface area contributed by atoms with Gasteiger partial charge >= 0.3 is 0 Å². The molecule has 0 amide bonds. The molecule has 1 fully saturated rings. The normalized spacial score (nSPS) is 15.0. The molecule has 0 aromatic carbocycles. The summed E-state index contributed by atoms with van der Waals surface area (Å²) < 4.78 is 1.55. The van der Waals surface area contributed by atoms with E-state index in [1.54, 1.807) is 29.2 Å². The van der Waals surface area contributed by atoms with Crippen LogP contribution in [-0.4, -0.2) is 57.4 Å². The first-order chi connectivity index (χ1) is 13.3. The predicted molar refractivity (Wildman–Crippen MR) is 105 cm³/mol. The van der Waals surface area contributed by atoms with E-state index in [4.69, 9.17) is 0 Å². The number of nitrogens with zero attached hydrogens (tertiary/aromatic N) is 6. The summed E-state index contributed by atoms with van der Waals surface area (Å²) in [6.45, 7) is 5.29. The Balaban J connectivity index is 1.36. The zero-order valence-corrected chi connectivity index (χ0v) is 15.1. The van der Waals surface area contributed by atoms with Gasteiger partial charge in [-0.2, -0.15) is 5.10 Å². The Morgan fingerprint density at radius 2 is 1.67 bits per heavy atom. The molecule has 138 valence electrons. The molecule has 1 aliphatic heterocycles. The second-order valence-corrected chi connectivity index (χ2v) is 6.56. The maximum atomic E-state index is 12.2. The molecule has 4 heterocycles. The minimum absolute atomic E-state index is 0.0712. The maximum Gasteiger partial charge on any atom is 0.266 e. The van der Waals surface area contributed by atoms with Crippen molar-refractivity contribution in [2.45, 2.75) is 6.54 Å². The van der Waals surface area contributed by atoms with Crippen LogP contribution in [0.1, 0.15) is 0 Å². The first kappa shape index (κ1) is 17.4. The van der Waals surface area contributed by atoms with Gasteiger partial charge in [-0.1, -0.05) is 0 Å². The highest BCUT2D eigenvalue weighted by molar-refractivity contribution is 5.56. The lowest BCUT2D eigenvalue weighted by atomic mass is 10.2. The quantitative estimate of drug-likeness (QED) is 0.686. The summed E-state index contributed by atoms with van der Waals surface area (Å²) in [5.41, 5.74) is 2.83. The van der Waals surface area contributed by atoms with E-state index in [1.807, 2.05) is 36.7 Å². The molecule has 0 radical (unpaired) electrons. The molecule has 0 saturated carbocycles. The average Bonchev–Trinajstić information content (AvgIpc) is 2.75. The predicted octanol–water partition coefficient (Wildman–Crippen LogP) is 1.52. The van der Waals surface area contributed by atoms with E-state index in [1.165, 1.54) is 5.69 Å². The Bertz CT molecular complexity index is 920. The fourth-order valence-electron chi connectivity index (χ4n) is 3.30. The standard InChI is InChI=1S/C20H22N6O/c27-20-4-3-19(17-2-1-7-22-16-17)23-26(20)15-12-24-10-13-25(14-11-24)18-5-8-21-9-6-18/h1-9,16H,10-15H2. The topological polar surface area (TPSA) is 67.2 Å². The molecule has 7 nitrogen and oxygen atoms in total. The molecule has 4 rings (SSSR count). The molecule has 3 aromatic rings. The molecular weight excluding hydrogens is 340 g/mol. The highest BCUT2D eigenvalue weighted by Gasteiger charge is 2.17. The molecule has 1 saturated heterocycles. The lowest BCUT2D eigenvalue weighted by Gasteiger charge is -2.36. The van der Waals surface area contributed by atoms with Crippen LogP contribution in [0.15, 0.2) is 66.0 Å². The van der Waals surface area contributed by atoms with Crippen molar-refractivity contribution in [1.82, 2.24) is 24.6 Å². The van der Waals surface area contributed by atoms with Gasteiger partial charge in [-0.05, 0) is 30.3 Å². The SMILES string of the molecule is O=c1ccc(-c2cccnc2)nn1CCN1CCN(c2ccncc2)CC1. The smallest absolute Gasteiger partial charge is 0.266 e. The van der Waals surface area contributed by atoms with Gasteiger partial charge in [0, 0.05) is 74.8 Å². The number of rotatable bonds is 5. The molecule has 0 spiro atoms. The van der Waals surface area contributed by atoms with Gasteiger partial charge in [0.2, 0.25) is 0 Å². The molecular formula is C20H22N6O. The maximum absolute atomic E-state index is 12.2. The van der Waals surface area contributed by atoms with Gasteiger partial charge in [-0.25, -0.2) is 4.68 Å². The minimum atomic E-state index is -0.0712. The van der Waals surface area contributed by atoms with Gasteiger partial charge in [-0.15, -0.1) is 0 Å². The van der Waals surface area contributed by atoms with Crippen LogP contribution in [0.25, 0.3) is 11.3 Å². The molecule has 3 aromatic heterocycles. The van der Waals surface area contributed by atoms with Crippen LogP contribution in [0, 0.1) is 0 Å². The molecule has 1 aliphatic rings. The average molecular weight is 362 g/mol. The molecule has 0 bridgehead atoms. The van der Waals surface area contributed by atoms with Gasteiger partial charge in [-0.3, -0.25) is 19.7 Å². The third kappa shape index (κ3) is 4.20. The highest BCUT2D eigenvalue weighted by Crippen LogP contribution is 2.15. The van der Waals surface area contributed by atoms with E-state index >= 15 is 0 Å². The summed E-state index contributed by atoms with van der Waals surface area (Å²) in [6.07, 6.45) is 7.14. The van der Waals surface area contributed by atoms with E-state index in [2.05, 4.69) is 24.9 Å². The fraction of sp³-hybridized carbons (Fsp3) is 0.300. The summed E-state index contributed by atoms with van der Waals surface area (Å²) in [4.78, 5) is 25.1. The van der Waals surface area contributed by atoms with E-state index in [0.29, 0.717) is 6.54 Å². The van der Waals surface area contributed by atoms with Gasteiger partial charge in [0.25, 0.3) is 5.56 Å². The molecule has 0 atom stereocenters.